The van der Waals surface area contributed by atoms with Gasteiger partial charge in [-0.2, -0.15) is 0 Å². The molecule has 0 radical (unpaired) electrons. The summed E-state index contributed by atoms with van der Waals surface area (Å²) in [5.74, 6) is -0.371. The number of hydrogen-bond acceptors (Lipinski definition) is 4. The topological polar surface area (TPSA) is 75.7 Å². The third-order valence-corrected chi connectivity index (χ3v) is 5.31. The fourth-order valence-electron chi connectivity index (χ4n) is 1.62. The number of carbonyl (C=O) groups is 1. The van der Waals surface area contributed by atoms with E-state index in [2.05, 4.69) is 11.9 Å². The van der Waals surface area contributed by atoms with E-state index in [1.54, 1.807) is 13.0 Å². The minimum atomic E-state index is -3.70. The summed E-state index contributed by atoms with van der Waals surface area (Å²) in [6.07, 6.45) is 1.67. The van der Waals surface area contributed by atoms with Crippen LogP contribution in [0, 0.1) is 0 Å². The molecule has 0 saturated heterocycles. The number of hydrogen-bond donors (Lipinski definition) is 1. The maximum atomic E-state index is 12.2. The molecular formula is C15H21ClN2O4S. The van der Waals surface area contributed by atoms with Crippen LogP contribution >= 0.6 is 11.6 Å². The van der Waals surface area contributed by atoms with Crippen LogP contribution in [0.1, 0.15) is 13.3 Å². The van der Waals surface area contributed by atoms with E-state index in [1.165, 1.54) is 32.3 Å². The van der Waals surface area contributed by atoms with Crippen molar-refractivity contribution >= 4 is 33.2 Å². The Kier molecular flexibility index (Phi) is 7.21. The van der Waals surface area contributed by atoms with Crippen LogP contribution in [0.5, 0.6) is 0 Å². The highest BCUT2D eigenvalue weighted by Crippen LogP contribution is 2.26. The molecule has 0 bridgehead atoms. The molecule has 0 aliphatic heterocycles. The van der Waals surface area contributed by atoms with Gasteiger partial charge in [-0.05, 0) is 31.5 Å². The predicted molar refractivity (Wildman–Crippen MR) is 91.2 cm³/mol. The van der Waals surface area contributed by atoms with E-state index in [4.69, 9.17) is 16.3 Å². The van der Waals surface area contributed by atoms with Gasteiger partial charge < -0.3 is 10.1 Å². The van der Waals surface area contributed by atoms with Gasteiger partial charge in [0.15, 0.2) is 0 Å². The smallest absolute Gasteiger partial charge is 0.253 e. The minimum absolute atomic E-state index is 0.0674. The van der Waals surface area contributed by atoms with Crippen LogP contribution in [0.25, 0.3) is 0 Å². The molecule has 6 nitrogen and oxygen atoms in total. The normalized spacial score (nSPS) is 12.9. The molecule has 0 spiro atoms. The Hall–Kier alpha value is -1.41. The second-order valence-corrected chi connectivity index (χ2v) is 7.54. The molecule has 1 unspecified atom stereocenters. The average molecular weight is 361 g/mol. The predicted octanol–water partition coefficient (Wildman–Crippen LogP) is 2.51. The zero-order valence-corrected chi connectivity index (χ0v) is 14.9. The first-order valence-electron chi connectivity index (χ1n) is 6.95. The standard InChI is InChI=1S/C15H21ClN2O4S/c1-5-6-9-22-11(2)15(19)17-12-7-8-13(16)14(10-12)23(20,21)18(3)4/h5,7-8,10-11H,1,6,9H2,2-4H3,(H,17,19). The quantitative estimate of drug-likeness (QED) is 0.571. The molecule has 0 aromatic heterocycles. The van der Waals surface area contributed by atoms with Crippen molar-refractivity contribution in [3.63, 3.8) is 0 Å². The maximum absolute atomic E-state index is 12.2. The molecule has 8 heteroatoms. The van der Waals surface area contributed by atoms with E-state index in [9.17, 15) is 13.2 Å². The number of ether oxygens (including phenoxy) is 1. The second kappa shape index (κ2) is 8.44. The van der Waals surface area contributed by atoms with E-state index in [0.29, 0.717) is 18.7 Å². The fourth-order valence-corrected chi connectivity index (χ4v) is 3.02. The Labute approximate surface area is 142 Å². The Balaban J connectivity index is 2.91. The van der Waals surface area contributed by atoms with Crippen molar-refractivity contribution in [1.29, 1.82) is 0 Å². The fraction of sp³-hybridized carbons (Fsp3) is 0.400. The third-order valence-electron chi connectivity index (χ3n) is 3.02. The molecule has 1 rings (SSSR count). The number of carbonyl (C=O) groups excluding carboxylic acids is 1. The van der Waals surface area contributed by atoms with E-state index in [-0.39, 0.29) is 15.8 Å². The van der Waals surface area contributed by atoms with Crippen LogP contribution in [0.15, 0.2) is 35.7 Å². The molecule has 1 amide bonds. The number of halogens is 1. The number of nitrogens with zero attached hydrogens (tertiary/aromatic N) is 1. The highest BCUT2D eigenvalue weighted by molar-refractivity contribution is 7.89. The van der Waals surface area contributed by atoms with Crippen LogP contribution in [-0.2, 0) is 19.6 Å². The van der Waals surface area contributed by atoms with Gasteiger partial charge in [0.05, 0.1) is 11.6 Å². The van der Waals surface area contributed by atoms with Crippen molar-refractivity contribution in [2.45, 2.75) is 24.3 Å². The molecule has 128 valence electrons. The van der Waals surface area contributed by atoms with Crippen molar-refractivity contribution in [2.75, 3.05) is 26.0 Å². The van der Waals surface area contributed by atoms with Crippen LogP contribution in [0.2, 0.25) is 5.02 Å². The van der Waals surface area contributed by atoms with Gasteiger partial charge in [0, 0.05) is 19.8 Å². The number of rotatable bonds is 8. The van der Waals surface area contributed by atoms with Gasteiger partial charge in [0.25, 0.3) is 5.91 Å². The molecule has 0 heterocycles. The first-order chi connectivity index (χ1) is 10.7. The van der Waals surface area contributed by atoms with Gasteiger partial charge in [-0.15, -0.1) is 6.58 Å². The average Bonchev–Trinajstić information content (AvgIpc) is 2.48. The van der Waals surface area contributed by atoms with Gasteiger partial charge in [0.2, 0.25) is 10.0 Å². The molecule has 1 N–H and O–H groups in total. The molecule has 1 aromatic carbocycles. The van der Waals surface area contributed by atoms with Crippen LogP contribution in [-0.4, -0.2) is 45.4 Å². The van der Waals surface area contributed by atoms with Crippen molar-refractivity contribution in [3.05, 3.63) is 35.9 Å². The van der Waals surface area contributed by atoms with Gasteiger partial charge in [-0.1, -0.05) is 17.7 Å². The molecule has 1 atom stereocenters. The first-order valence-corrected chi connectivity index (χ1v) is 8.77. The highest BCUT2D eigenvalue weighted by atomic mass is 35.5. The second-order valence-electron chi connectivity index (χ2n) is 5.01. The Morgan fingerprint density at radius 2 is 2.13 bits per heavy atom. The maximum Gasteiger partial charge on any atom is 0.253 e. The van der Waals surface area contributed by atoms with Gasteiger partial charge in [-0.3, -0.25) is 4.79 Å². The van der Waals surface area contributed by atoms with Crippen LogP contribution in [0.4, 0.5) is 5.69 Å². The summed E-state index contributed by atoms with van der Waals surface area (Å²) in [4.78, 5) is 12.0. The van der Waals surface area contributed by atoms with Gasteiger partial charge in [-0.25, -0.2) is 12.7 Å². The molecule has 23 heavy (non-hydrogen) atoms. The summed E-state index contributed by atoms with van der Waals surface area (Å²) >= 11 is 5.96. The van der Waals surface area contributed by atoms with Crippen LogP contribution in [0.3, 0.4) is 0 Å². The largest absolute Gasteiger partial charge is 0.368 e. The summed E-state index contributed by atoms with van der Waals surface area (Å²) in [5, 5.41) is 2.71. The van der Waals surface area contributed by atoms with E-state index in [1.807, 2.05) is 0 Å². The van der Waals surface area contributed by atoms with Crippen molar-refractivity contribution in [3.8, 4) is 0 Å². The lowest BCUT2D eigenvalue weighted by Gasteiger charge is -2.16. The lowest BCUT2D eigenvalue weighted by Crippen LogP contribution is -2.28. The lowest BCUT2D eigenvalue weighted by atomic mass is 10.3. The van der Waals surface area contributed by atoms with Crippen molar-refractivity contribution in [2.24, 2.45) is 0 Å². The summed E-state index contributed by atoms with van der Waals surface area (Å²) in [6.45, 7) is 5.58. The van der Waals surface area contributed by atoms with E-state index in [0.717, 1.165) is 4.31 Å². The number of amides is 1. The number of sulfonamides is 1. The van der Waals surface area contributed by atoms with Crippen molar-refractivity contribution in [1.82, 2.24) is 4.31 Å². The number of benzene rings is 1. The molecular weight excluding hydrogens is 340 g/mol. The minimum Gasteiger partial charge on any atom is -0.368 e. The Morgan fingerprint density at radius 1 is 1.48 bits per heavy atom. The summed E-state index contributed by atoms with van der Waals surface area (Å²) < 4.78 is 30.8. The molecule has 0 fully saturated rings. The SMILES string of the molecule is C=CCCOC(C)C(=O)Nc1ccc(Cl)c(S(=O)(=O)N(C)C)c1. The molecule has 0 aliphatic carbocycles. The monoisotopic (exact) mass is 360 g/mol. The molecule has 0 aliphatic rings. The zero-order chi connectivity index (χ0) is 17.6. The first kappa shape index (κ1) is 19.6. The van der Waals surface area contributed by atoms with Gasteiger partial charge >= 0.3 is 0 Å². The highest BCUT2D eigenvalue weighted by Gasteiger charge is 2.22. The molecule has 0 saturated carbocycles. The Bertz CT molecular complexity index is 674. The number of anilines is 1. The van der Waals surface area contributed by atoms with E-state index < -0.39 is 16.1 Å². The molecule has 1 aromatic rings. The third kappa shape index (κ3) is 5.31. The summed E-state index contributed by atoms with van der Waals surface area (Å²) in [7, 11) is -0.878. The van der Waals surface area contributed by atoms with E-state index >= 15 is 0 Å². The van der Waals surface area contributed by atoms with Gasteiger partial charge in [0.1, 0.15) is 11.0 Å². The lowest BCUT2D eigenvalue weighted by molar-refractivity contribution is -0.126. The summed E-state index contributed by atoms with van der Waals surface area (Å²) in [5.41, 5.74) is 0.332. The summed E-state index contributed by atoms with van der Waals surface area (Å²) in [6, 6.07) is 4.29. The van der Waals surface area contributed by atoms with Crippen LogP contribution < -0.4 is 5.32 Å². The van der Waals surface area contributed by atoms with Crippen molar-refractivity contribution < 1.29 is 17.9 Å². The number of nitrogens with one attached hydrogen (secondary N) is 1. The zero-order valence-electron chi connectivity index (χ0n) is 13.4. The Morgan fingerprint density at radius 3 is 2.70 bits per heavy atom.